The van der Waals surface area contributed by atoms with Gasteiger partial charge >= 0.3 is 11.9 Å². The summed E-state index contributed by atoms with van der Waals surface area (Å²) < 4.78 is 22.7. The van der Waals surface area contributed by atoms with Crippen LogP contribution in [0.5, 0.6) is 17.2 Å². The largest absolute Gasteiger partial charge is 0.507 e. The van der Waals surface area contributed by atoms with E-state index in [4.69, 9.17) is 18.9 Å². The third-order valence-electron chi connectivity index (χ3n) is 6.84. The predicted octanol–water partition coefficient (Wildman–Crippen LogP) is 6.62. The van der Waals surface area contributed by atoms with Gasteiger partial charge in [-0.1, -0.05) is 37.7 Å². The molecule has 2 aromatic carbocycles. The first kappa shape index (κ1) is 32.5. The van der Waals surface area contributed by atoms with Crippen molar-refractivity contribution in [3.63, 3.8) is 0 Å². The number of aliphatic hydroxyl groups excluding tert-OH is 1. The number of carbonyl (C=O) groups is 3. The molecule has 0 bridgehead atoms. The van der Waals surface area contributed by atoms with Crippen molar-refractivity contribution >= 4 is 39.9 Å². The zero-order chi connectivity index (χ0) is 31.8. The van der Waals surface area contributed by atoms with Gasteiger partial charge in [-0.15, -0.1) is 0 Å². The number of nitrogens with zero attached hydrogens (tertiary/aromatic N) is 2. The van der Waals surface area contributed by atoms with Crippen molar-refractivity contribution in [2.75, 3.05) is 31.3 Å². The lowest BCUT2D eigenvalue weighted by molar-refractivity contribution is -0.132. The van der Waals surface area contributed by atoms with Crippen LogP contribution in [0.4, 0.5) is 5.13 Å². The van der Waals surface area contributed by atoms with E-state index in [1.165, 1.54) is 4.90 Å². The third kappa shape index (κ3) is 6.88. The normalized spacial score (nSPS) is 15.8. The molecule has 0 saturated carbocycles. The van der Waals surface area contributed by atoms with Crippen molar-refractivity contribution < 1.29 is 38.4 Å². The lowest BCUT2D eigenvalue weighted by atomic mass is 9.95. The fraction of sp³-hybridized carbons (Fsp3) is 0.394. The Hall–Kier alpha value is -4.38. The lowest BCUT2D eigenvalue weighted by Crippen LogP contribution is -2.29. The molecule has 11 heteroatoms. The summed E-state index contributed by atoms with van der Waals surface area (Å²) in [7, 11) is 0. The molecule has 1 atom stereocenters. The van der Waals surface area contributed by atoms with Crippen molar-refractivity contribution in [1.82, 2.24) is 4.98 Å². The number of rotatable bonds is 14. The molecule has 234 valence electrons. The number of ether oxygens (including phenoxy) is 4. The van der Waals surface area contributed by atoms with Gasteiger partial charge in [-0.05, 0) is 75.6 Å². The first-order valence-corrected chi connectivity index (χ1v) is 15.6. The minimum atomic E-state index is -1.07. The van der Waals surface area contributed by atoms with Gasteiger partial charge in [0.2, 0.25) is 0 Å². The maximum absolute atomic E-state index is 13.7. The smallest absolute Gasteiger partial charge is 0.350 e. The molecule has 1 saturated heterocycles. The number of carbonyl (C=O) groups excluding carboxylic acids is 3. The number of Topliss-reactive ketones (excluding diaryl/α,β-unsaturated/α-hetero) is 1. The average molecular weight is 623 g/mol. The molecule has 1 fully saturated rings. The SMILES string of the molecule is CCCCOc1ccc(C2/C(=C(\O)c3ccc(OCCC)cc3)C(=O)C(=O)N2c2nc(C)c(C(=O)OCC)s2)cc1OCC. The van der Waals surface area contributed by atoms with E-state index >= 15 is 0 Å². The Balaban J connectivity index is 1.87. The van der Waals surface area contributed by atoms with Gasteiger partial charge in [-0.25, -0.2) is 9.78 Å². The first-order chi connectivity index (χ1) is 21.2. The summed E-state index contributed by atoms with van der Waals surface area (Å²) in [5, 5.41) is 11.7. The second kappa shape index (κ2) is 14.9. The molecule has 1 aliphatic heterocycles. The van der Waals surface area contributed by atoms with E-state index < -0.39 is 23.7 Å². The van der Waals surface area contributed by atoms with Crippen LogP contribution in [-0.2, 0) is 14.3 Å². The van der Waals surface area contributed by atoms with Crippen molar-refractivity contribution in [2.24, 2.45) is 0 Å². The number of thiazole rings is 1. The van der Waals surface area contributed by atoms with E-state index in [2.05, 4.69) is 11.9 Å². The molecule has 44 heavy (non-hydrogen) atoms. The first-order valence-electron chi connectivity index (χ1n) is 14.8. The number of amides is 1. The van der Waals surface area contributed by atoms with E-state index in [9.17, 15) is 19.5 Å². The van der Waals surface area contributed by atoms with Crippen molar-refractivity contribution in [3.05, 3.63) is 69.7 Å². The summed E-state index contributed by atoms with van der Waals surface area (Å²) in [5.41, 5.74) is 1.07. The van der Waals surface area contributed by atoms with Gasteiger partial charge in [0.25, 0.3) is 5.78 Å². The van der Waals surface area contributed by atoms with Crippen LogP contribution in [0.1, 0.15) is 79.5 Å². The van der Waals surface area contributed by atoms with E-state index in [0.29, 0.717) is 53.9 Å². The highest BCUT2D eigenvalue weighted by molar-refractivity contribution is 7.17. The van der Waals surface area contributed by atoms with Crippen molar-refractivity contribution in [3.8, 4) is 17.2 Å². The summed E-state index contributed by atoms with van der Waals surface area (Å²) in [5.74, 6) is -1.11. The zero-order valence-electron chi connectivity index (χ0n) is 25.7. The molecule has 3 aromatic rings. The quantitative estimate of drug-likeness (QED) is 0.0694. The maximum Gasteiger partial charge on any atom is 0.350 e. The Kier molecular flexibility index (Phi) is 11.0. The van der Waals surface area contributed by atoms with Crippen molar-refractivity contribution in [2.45, 2.75) is 59.9 Å². The highest BCUT2D eigenvalue weighted by atomic mass is 32.1. The minimum absolute atomic E-state index is 0.120. The molecule has 10 nitrogen and oxygen atoms in total. The van der Waals surface area contributed by atoms with E-state index in [1.54, 1.807) is 56.3 Å². The number of esters is 1. The summed E-state index contributed by atoms with van der Waals surface area (Å²) in [6, 6.07) is 10.7. The van der Waals surface area contributed by atoms with Gasteiger partial charge in [0.05, 0.1) is 43.7 Å². The number of ketones is 1. The zero-order valence-corrected chi connectivity index (χ0v) is 26.5. The number of anilines is 1. The monoisotopic (exact) mass is 622 g/mol. The minimum Gasteiger partial charge on any atom is -0.507 e. The predicted molar refractivity (Wildman–Crippen MR) is 168 cm³/mol. The lowest BCUT2D eigenvalue weighted by Gasteiger charge is -2.24. The average Bonchev–Trinajstić information content (AvgIpc) is 3.53. The van der Waals surface area contributed by atoms with Crippen LogP contribution in [0, 0.1) is 6.92 Å². The molecule has 1 amide bonds. The van der Waals surface area contributed by atoms with Gasteiger partial charge in [0.1, 0.15) is 16.4 Å². The Labute approximate surface area is 261 Å². The fourth-order valence-electron chi connectivity index (χ4n) is 4.71. The molecule has 0 aliphatic carbocycles. The van der Waals surface area contributed by atoms with Gasteiger partial charge < -0.3 is 24.1 Å². The third-order valence-corrected chi connectivity index (χ3v) is 7.97. The van der Waals surface area contributed by atoms with Crippen LogP contribution in [0.3, 0.4) is 0 Å². The van der Waals surface area contributed by atoms with E-state index in [-0.39, 0.29) is 27.9 Å². The Morgan fingerprint density at radius 2 is 1.68 bits per heavy atom. The van der Waals surface area contributed by atoms with Crippen LogP contribution in [0.25, 0.3) is 5.76 Å². The molecule has 0 spiro atoms. The number of hydrogen-bond donors (Lipinski definition) is 1. The second-order valence-corrected chi connectivity index (χ2v) is 11.0. The highest BCUT2D eigenvalue weighted by Gasteiger charge is 2.48. The summed E-state index contributed by atoms with van der Waals surface area (Å²) in [6.45, 7) is 10.8. The molecule has 0 radical (unpaired) electrons. The van der Waals surface area contributed by atoms with Gasteiger partial charge in [-0.3, -0.25) is 14.5 Å². The van der Waals surface area contributed by atoms with E-state index in [1.807, 2.05) is 13.8 Å². The summed E-state index contributed by atoms with van der Waals surface area (Å²) in [6.07, 6.45) is 2.66. The molecule has 1 aromatic heterocycles. The number of hydrogen-bond acceptors (Lipinski definition) is 10. The maximum atomic E-state index is 13.7. The molecule has 4 rings (SSSR count). The molecule has 1 aliphatic rings. The molecule has 2 heterocycles. The van der Waals surface area contributed by atoms with Gasteiger partial charge in [0.15, 0.2) is 16.6 Å². The van der Waals surface area contributed by atoms with Crippen LogP contribution < -0.4 is 19.1 Å². The van der Waals surface area contributed by atoms with Crippen LogP contribution in [0.2, 0.25) is 0 Å². The Morgan fingerprint density at radius 3 is 2.34 bits per heavy atom. The number of unbranched alkanes of at least 4 members (excludes halogenated alkanes) is 1. The fourth-order valence-corrected chi connectivity index (χ4v) is 5.70. The van der Waals surface area contributed by atoms with Crippen LogP contribution >= 0.6 is 11.3 Å². The summed E-state index contributed by atoms with van der Waals surface area (Å²) >= 11 is 0.950. The Bertz CT molecular complexity index is 1530. The topological polar surface area (TPSA) is 124 Å². The van der Waals surface area contributed by atoms with Gasteiger partial charge in [0, 0.05) is 5.56 Å². The van der Waals surface area contributed by atoms with Gasteiger partial charge in [-0.2, -0.15) is 0 Å². The van der Waals surface area contributed by atoms with Crippen LogP contribution in [-0.4, -0.2) is 54.2 Å². The standard InChI is InChI=1S/C33H38N2O8S/c1-6-10-18-43-24-16-13-22(19-25(24)40-8-3)27-26(28(36)21-11-14-23(15-12-21)42-17-7-2)29(37)31(38)35(27)33-34-20(5)30(44-33)32(39)41-9-4/h11-16,19,27,36H,6-10,17-18H2,1-5H3/b28-26+. The molecular weight excluding hydrogens is 584 g/mol. The molecule has 1 N–H and O–H groups in total. The van der Waals surface area contributed by atoms with Crippen molar-refractivity contribution in [1.29, 1.82) is 0 Å². The molecular formula is C33H38N2O8S. The van der Waals surface area contributed by atoms with E-state index in [0.717, 1.165) is 30.6 Å². The highest BCUT2D eigenvalue weighted by Crippen LogP contribution is 2.45. The Morgan fingerprint density at radius 1 is 0.932 bits per heavy atom. The van der Waals surface area contributed by atoms with Crippen LogP contribution in [0.15, 0.2) is 48.0 Å². The number of aryl methyl sites for hydroxylation is 1. The number of benzene rings is 2. The number of aliphatic hydroxyl groups is 1. The summed E-state index contributed by atoms with van der Waals surface area (Å²) in [4.78, 5) is 45.9. The second-order valence-electron chi connectivity index (χ2n) is 10.0. The molecule has 1 unspecified atom stereocenters. The number of aromatic nitrogens is 1.